The van der Waals surface area contributed by atoms with Crippen LogP contribution in [-0.4, -0.2) is 20.9 Å². The molecular formula is C16H15N3O3. The summed E-state index contributed by atoms with van der Waals surface area (Å²) in [5.74, 6) is 5.07. The molecule has 0 bridgehead atoms. The van der Waals surface area contributed by atoms with Gasteiger partial charge in [0.05, 0.1) is 16.6 Å². The highest BCUT2D eigenvalue weighted by atomic mass is 16.2. The molecule has 1 fully saturated rings. The van der Waals surface area contributed by atoms with Crippen molar-refractivity contribution in [1.82, 2.24) is 14.5 Å². The number of benzene rings is 1. The zero-order valence-corrected chi connectivity index (χ0v) is 12.3. The molecule has 1 aromatic heterocycles. The summed E-state index contributed by atoms with van der Waals surface area (Å²) in [5.41, 5.74) is 1.81. The van der Waals surface area contributed by atoms with E-state index in [1.165, 1.54) is 9.13 Å². The fraction of sp³-hybridized carbons (Fsp3) is 0.312. The summed E-state index contributed by atoms with van der Waals surface area (Å²) in [7, 11) is 1.66. The van der Waals surface area contributed by atoms with Crippen molar-refractivity contribution < 1.29 is 9.59 Å². The van der Waals surface area contributed by atoms with E-state index in [1.54, 1.807) is 20.0 Å². The van der Waals surface area contributed by atoms with Crippen molar-refractivity contribution in [2.75, 3.05) is 0 Å². The van der Waals surface area contributed by atoms with E-state index in [1.807, 2.05) is 12.1 Å². The molecule has 2 heterocycles. The molecule has 6 nitrogen and oxygen atoms in total. The fourth-order valence-electron chi connectivity index (χ4n) is 2.90. The second-order valence-electron chi connectivity index (χ2n) is 5.23. The van der Waals surface area contributed by atoms with Crippen LogP contribution < -0.4 is 11.0 Å². The van der Waals surface area contributed by atoms with E-state index in [4.69, 9.17) is 0 Å². The van der Waals surface area contributed by atoms with Gasteiger partial charge in [0.2, 0.25) is 11.8 Å². The minimum atomic E-state index is -0.668. The number of nitrogens with zero attached hydrogens (tertiary/aromatic N) is 2. The first-order chi connectivity index (χ1) is 10.5. The maximum Gasteiger partial charge on any atom is 0.329 e. The molecule has 1 atom stereocenters. The van der Waals surface area contributed by atoms with Gasteiger partial charge in [0, 0.05) is 13.5 Å². The van der Waals surface area contributed by atoms with Gasteiger partial charge in [-0.3, -0.25) is 24.0 Å². The van der Waals surface area contributed by atoms with Gasteiger partial charge in [-0.2, -0.15) is 0 Å². The Labute approximate surface area is 126 Å². The highest BCUT2D eigenvalue weighted by molar-refractivity contribution is 6.00. The van der Waals surface area contributed by atoms with Gasteiger partial charge in [-0.05, 0) is 25.5 Å². The van der Waals surface area contributed by atoms with Crippen molar-refractivity contribution in [2.45, 2.75) is 25.8 Å². The number of carbonyl (C=O) groups excluding carboxylic acids is 2. The molecule has 1 aromatic carbocycles. The lowest BCUT2D eigenvalue weighted by molar-refractivity contribution is -0.135. The number of nitrogens with one attached hydrogen (secondary N) is 1. The van der Waals surface area contributed by atoms with Crippen molar-refractivity contribution in [3.05, 3.63) is 34.2 Å². The zero-order chi connectivity index (χ0) is 15.9. The van der Waals surface area contributed by atoms with E-state index in [0.717, 1.165) is 5.56 Å². The Bertz CT molecular complexity index is 908. The molecule has 1 aliphatic rings. The smallest absolute Gasteiger partial charge is 0.295 e. The molecule has 2 amide bonds. The normalized spacial score (nSPS) is 18.0. The van der Waals surface area contributed by atoms with Gasteiger partial charge in [-0.1, -0.05) is 12.0 Å². The molecule has 1 saturated heterocycles. The summed E-state index contributed by atoms with van der Waals surface area (Å²) in [5, 5.41) is 2.29. The molecule has 0 spiro atoms. The second kappa shape index (κ2) is 5.19. The fourth-order valence-corrected chi connectivity index (χ4v) is 2.90. The van der Waals surface area contributed by atoms with Crippen LogP contribution in [-0.2, 0) is 16.6 Å². The monoisotopic (exact) mass is 297 g/mol. The van der Waals surface area contributed by atoms with Crippen LogP contribution in [0.2, 0.25) is 0 Å². The van der Waals surface area contributed by atoms with Crippen molar-refractivity contribution in [2.24, 2.45) is 7.05 Å². The number of para-hydroxylation sites is 1. The van der Waals surface area contributed by atoms with Crippen LogP contribution in [0.4, 0.5) is 0 Å². The van der Waals surface area contributed by atoms with E-state index in [-0.39, 0.29) is 18.0 Å². The van der Waals surface area contributed by atoms with Gasteiger partial charge < -0.3 is 0 Å². The standard InChI is InChI=1S/C16H15N3O3/c1-3-5-10-6-4-7-11-14(10)18(2)16(22)19(11)12-8-9-13(20)17-15(12)21/h4,6-7,12H,8-9H2,1-2H3,(H,17,20,21). The number of hydrogen-bond acceptors (Lipinski definition) is 3. The minimum Gasteiger partial charge on any atom is -0.295 e. The van der Waals surface area contributed by atoms with Gasteiger partial charge in [-0.25, -0.2) is 4.79 Å². The molecule has 1 aliphatic heterocycles. The highest BCUT2D eigenvalue weighted by Gasteiger charge is 2.31. The van der Waals surface area contributed by atoms with Crippen LogP contribution >= 0.6 is 0 Å². The molecule has 2 aromatic rings. The predicted octanol–water partition coefficient (Wildman–Crippen LogP) is 0.689. The number of piperidine rings is 1. The zero-order valence-electron chi connectivity index (χ0n) is 12.3. The largest absolute Gasteiger partial charge is 0.329 e. The maximum absolute atomic E-state index is 12.6. The molecule has 1 N–H and O–H groups in total. The first-order valence-electron chi connectivity index (χ1n) is 7.01. The van der Waals surface area contributed by atoms with E-state index < -0.39 is 11.9 Å². The van der Waals surface area contributed by atoms with Gasteiger partial charge in [0.15, 0.2) is 0 Å². The summed E-state index contributed by atoms with van der Waals surface area (Å²) in [6, 6.07) is 4.77. The molecule has 0 aliphatic carbocycles. The summed E-state index contributed by atoms with van der Waals surface area (Å²) in [6.45, 7) is 1.73. The van der Waals surface area contributed by atoms with Crippen molar-refractivity contribution in [3.63, 3.8) is 0 Å². The third-order valence-corrected chi connectivity index (χ3v) is 3.88. The van der Waals surface area contributed by atoms with Gasteiger partial charge in [0.25, 0.3) is 0 Å². The first-order valence-corrected chi connectivity index (χ1v) is 7.01. The number of aryl methyl sites for hydroxylation is 1. The SMILES string of the molecule is CC#Cc1cccc2c1n(C)c(=O)n2C1CCC(=O)NC1=O. The third-order valence-electron chi connectivity index (χ3n) is 3.88. The molecule has 22 heavy (non-hydrogen) atoms. The quantitative estimate of drug-likeness (QED) is 0.622. The molecule has 3 rings (SSSR count). The summed E-state index contributed by atoms with van der Waals surface area (Å²) >= 11 is 0. The number of rotatable bonds is 1. The molecule has 112 valence electrons. The van der Waals surface area contributed by atoms with E-state index in [0.29, 0.717) is 17.5 Å². The van der Waals surface area contributed by atoms with Crippen LogP contribution in [0, 0.1) is 11.8 Å². The van der Waals surface area contributed by atoms with Crippen LogP contribution in [0.25, 0.3) is 11.0 Å². The number of imidazole rings is 1. The molecular weight excluding hydrogens is 282 g/mol. The van der Waals surface area contributed by atoms with Crippen LogP contribution in [0.5, 0.6) is 0 Å². The lowest BCUT2D eigenvalue weighted by Crippen LogP contribution is -2.44. The summed E-state index contributed by atoms with van der Waals surface area (Å²) < 4.78 is 2.96. The second-order valence-corrected chi connectivity index (χ2v) is 5.23. The maximum atomic E-state index is 12.6. The minimum absolute atomic E-state index is 0.230. The lowest BCUT2D eigenvalue weighted by atomic mass is 10.1. The summed E-state index contributed by atoms with van der Waals surface area (Å²) in [4.78, 5) is 36.0. The molecule has 6 heteroatoms. The topological polar surface area (TPSA) is 73.1 Å². The first kappa shape index (κ1) is 14.1. The third kappa shape index (κ3) is 2.02. The van der Waals surface area contributed by atoms with Crippen molar-refractivity contribution >= 4 is 22.8 Å². The number of amides is 2. The average Bonchev–Trinajstić information content (AvgIpc) is 2.73. The van der Waals surface area contributed by atoms with E-state index in [9.17, 15) is 14.4 Å². The Kier molecular flexibility index (Phi) is 3.33. The Hall–Kier alpha value is -2.81. The lowest BCUT2D eigenvalue weighted by Gasteiger charge is -2.21. The van der Waals surface area contributed by atoms with Gasteiger partial charge >= 0.3 is 5.69 Å². The summed E-state index contributed by atoms with van der Waals surface area (Å²) in [6.07, 6.45) is 0.557. The van der Waals surface area contributed by atoms with E-state index >= 15 is 0 Å². The molecule has 1 unspecified atom stereocenters. The van der Waals surface area contributed by atoms with Crippen LogP contribution in [0.1, 0.15) is 31.4 Å². The highest BCUT2D eigenvalue weighted by Crippen LogP contribution is 2.24. The number of imide groups is 1. The number of carbonyl (C=O) groups is 2. The van der Waals surface area contributed by atoms with Crippen molar-refractivity contribution in [1.29, 1.82) is 0 Å². The molecule has 0 radical (unpaired) electrons. The molecule has 0 saturated carbocycles. The predicted molar refractivity (Wildman–Crippen MR) is 81.2 cm³/mol. The van der Waals surface area contributed by atoms with Crippen molar-refractivity contribution in [3.8, 4) is 11.8 Å². The van der Waals surface area contributed by atoms with Gasteiger partial charge in [0.1, 0.15) is 6.04 Å². The Balaban J connectivity index is 2.27. The number of aromatic nitrogens is 2. The van der Waals surface area contributed by atoms with Crippen LogP contribution in [0.15, 0.2) is 23.0 Å². The Morgan fingerprint density at radius 3 is 2.73 bits per heavy atom. The number of hydrogen-bond donors (Lipinski definition) is 1. The van der Waals surface area contributed by atoms with E-state index in [2.05, 4.69) is 17.2 Å². The Morgan fingerprint density at radius 1 is 1.27 bits per heavy atom. The van der Waals surface area contributed by atoms with Crippen LogP contribution in [0.3, 0.4) is 0 Å². The number of fused-ring (bicyclic) bond motifs is 1. The Morgan fingerprint density at radius 2 is 2.05 bits per heavy atom. The average molecular weight is 297 g/mol. The van der Waals surface area contributed by atoms with Gasteiger partial charge in [-0.15, -0.1) is 5.92 Å².